The van der Waals surface area contributed by atoms with E-state index in [1.54, 1.807) is 27.9 Å². The Hall–Kier alpha value is -2.78. The Kier molecular flexibility index (Phi) is 9.80. The summed E-state index contributed by atoms with van der Waals surface area (Å²) >= 11 is 0. The minimum atomic E-state index is -0.661. The van der Waals surface area contributed by atoms with Gasteiger partial charge in [-0.15, -0.1) is 0 Å². The van der Waals surface area contributed by atoms with Gasteiger partial charge in [0.15, 0.2) is 0 Å². The van der Waals surface area contributed by atoms with E-state index < -0.39 is 29.9 Å². The van der Waals surface area contributed by atoms with Crippen molar-refractivity contribution < 1.29 is 28.5 Å². The maximum atomic E-state index is 12.3. The smallest absolute Gasteiger partial charge is 0.407 e. The van der Waals surface area contributed by atoms with E-state index >= 15 is 0 Å². The van der Waals surface area contributed by atoms with Crippen molar-refractivity contribution in [1.29, 1.82) is 0 Å². The Bertz CT molecular complexity index is 815. The maximum Gasteiger partial charge on any atom is 0.407 e. The van der Waals surface area contributed by atoms with Crippen molar-refractivity contribution in [2.24, 2.45) is 5.11 Å². The molecule has 1 N–H and O–H groups in total. The second kappa shape index (κ2) is 12.3. The van der Waals surface area contributed by atoms with Crippen molar-refractivity contribution in [2.75, 3.05) is 27.6 Å². The maximum absolute atomic E-state index is 12.3. The van der Waals surface area contributed by atoms with Gasteiger partial charge in [-0.3, -0.25) is 0 Å². The standard InChI is InChI=1S/C22H32N4O6/c1-22(2,3)32-21(27)24-20-18(25-26-23)10-16(11-19(20)31-14-28-4)13-30-12-15-6-8-17(29-5)9-7-15/h6-9,11,18-20H,10,12-14H2,1-5H3,(H,24,27)/t18-,19+,20+/m0/s1. The van der Waals surface area contributed by atoms with Crippen LogP contribution < -0.4 is 10.1 Å². The SMILES string of the molecule is COCO[C@@H]1C=C(COCc2ccc(OC)cc2)C[C@H](N=[N+]=[N-])[C@H]1NC(=O)OC(C)(C)C. The molecule has 1 amide bonds. The third-order valence-electron chi connectivity index (χ3n) is 4.62. The molecule has 10 nitrogen and oxygen atoms in total. The molecule has 0 bridgehead atoms. The summed E-state index contributed by atoms with van der Waals surface area (Å²) in [5.74, 6) is 0.780. The molecule has 1 aliphatic carbocycles. The zero-order valence-electron chi connectivity index (χ0n) is 19.2. The highest BCUT2D eigenvalue weighted by molar-refractivity contribution is 5.68. The highest BCUT2D eigenvalue weighted by Crippen LogP contribution is 2.26. The number of carbonyl (C=O) groups is 1. The normalized spacial score (nSPS) is 20.7. The minimum Gasteiger partial charge on any atom is -0.497 e. The molecule has 10 heteroatoms. The van der Waals surface area contributed by atoms with E-state index in [0.717, 1.165) is 16.9 Å². The van der Waals surface area contributed by atoms with E-state index in [1.165, 1.54) is 7.11 Å². The van der Waals surface area contributed by atoms with Crippen LogP contribution in [0.1, 0.15) is 32.8 Å². The molecule has 32 heavy (non-hydrogen) atoms. The van der Waals surface area contributed by atoms with Crippen molar-refractivity contribution in [3.8, 4) is 5.75 Å². The molecule has 1 aromatic carbocycles. The Morgan fingerprint density at radius 1 is 1.22 bits per heavy atom. The molecule has 1 aromatic rings. The highest BCUT2D eigenvalue weighted by atomic mass is 16.7. The number of amides is 1. The quantitative estimate of drug-likeness (QED) is 0.189. The third kappa shape index (κ3) is 8.39. The van der Waals surface area contributed by atoms with Gasteiger partial charge in [0, 0.05) is 12.0 Å². The topological polar surface area (TPSA) is 124 Å². The number of nitrogens with zero attached hydrogens (tertiary/aromatic N) is 3. The Labute approximate surface area is 188 Å². The molecule has 0 unspecified atom stereocenters. The summed E-state index contributed by atoms with van der Waals surface area (Å²) < 4.78 is 27.1. The van der Waals surface area contributed by atoms with E-state index in [4.69, 9.17) is 29.2 Å². The zero-order chi connectivity index (χ0) is 23.6. The first-order valence-electron chi connectivity index (χ1n) is 10.3. The molecule has 2 rings (SSSR count). The van der Waals surface area contributed by atoms with E-state index in [1.807, 2.05) is 30.3 Å². The molecule has 176 valence electrons. The summed E-state index contributed by atoms with van der Waals surface area (Å²) in [7, 11) is 3.13. The van der Waals surface area contributed by atoms with Gasteiger partial charge in [0.25, 0.3) is 0 Å². The second-order valence-electron chi connectivity index (χ2n) is 8.35. The van der Waals surface area contributed by atoms with Crippen molar-refractivity contribution in [3.05, 3.63) is 51.9 Å². The average Bonchev–Trinajstić information content (AvgIpc) is 2.73. The fourth-order valence-corrected chi connectivity index (χ4v) is 3.25. The number of nitrogens with one attached hydrogen (secondary N) is 1. The summed E-state index contributed by atoms with van der Waals surface area (Å²) in [4.78, 5) is 15.3. The van der Waals surface area contributed by atoms with Gasteiger partial charge < -0.3 is 29.0 Å². The number of ether oxygens (including phenoxy) is 5. The summed E-state index contributed by atoms with van der Waals surface area (Å²) in [6.45, 7) is 6.07. The van der Waals surface area contributed by atoms with Crippen LogP contribution in [0.3, 0.4) is 0 Å². The number of carbonyl (C=O) groups excluding carboxylic acids is 1. The molecule has 0 aromatic heterocycles. The van der Waals surface area contributed by atoms with Gasteiger partial charge in [-0.2, -0.15) is 0 Å². The first kappa shape index (κ1) is 25.5. The molecule has 0 heterocycles. The summed E-state index contributed by atoms with van der Waals surface area (Å²) in [5, 5.41) is 6.67. The largest absolute Gasteiger partial charge is 0.497 e. The minimum absolute atomic E-state index is 0.0106. The van der Waals surface area contributed by atoms with Crippen LogP contribution in [0, 0.1) is 0 Å². The van der Waals surface area contributed by atoms with Crippen molar-refractivity contribution in [1.82, 2.24) is 5.32 Å². The van der Waals surface area contributed by atoms with Crippen LogP contribution in [0.15, 0.2) is 41.0 Å². The van der Waals surface area contributed by atoms with Gasteiger partial charge in [0.05, 0.1) is 38.5 Å². The lowest BCUT2D eigenvalue weighted by Crippen LogP contribution is -2.53. The molecule has 0 spiro atoms. The van der Waals surface area contributed by atoms with Crippen LogP contribution in [0.4, 0.5) is 4.79 Å². The number of rotatable bonds is 10. The summed E-state index contributed by atoms with van der Waals surface area (Å²) in [6.07, 6.45) is 1.10. The first-order chi connectivity index (χ1) is 15.3. The number of methoxy groups -OCH3 is 2. The van der Waals surface area contributed by atoms with Crippen LogP contribution in [0.25, 0.3) is 10.4 Å². The van der Waals surface area contributed by atoms with Crippen molar-refractivity contribution in [3.63, 3.8) is 0 Å². The zero-order valence-corrected chi connectivity index (χ0v) is 19.2. The van der Waals surface area contributed by atoms with Gasteiger partial charge in [-0.25, -0.2) is 4.79 Å². The Morgan fingerprint density at radius 3 is 2.53 bits per heavy atom. The number of azide groups is 1. The fourth-order valence-electron chi connectivity index (χ4n) is 3.25. The summed E-state index contributed by atoms with van der Waals surface area (Å²) in [5.41, 5.74) is 10.3. The van der Waals surface area contributed by atoms with Crippen LogP contribution in [0.5, 0.6) is 5.75 Å². The average molecular weight is 449 g/mol. The highest BCUT2D eigenvalue weighted by Gasteiger charge is 2.36. The molecule has 0 radical (unpaired) electrons. The van der Waals surface area contributed by atoms with Gasteiger partial charge in [0.1, 0.15) is 18.1 Å². The van der Waals surface area contributed by atoms with Gasteiger partial charge in [-0.05, 0) is 56.0 Å². The molecule has 0 aliphatic heterocycles. The van der Waals surface area contributed by atoms with E-state index in [0.29, 0.717) is 19.6 Å². The molecular weight excluding hydrogens is 416 g/mol. The van der Waals surface area contributed by atoms with Crippen LogP contribution >= 0.6 is 0 Å². The fraction of sp³-hybridized carbons (Fsp3) is 0.591. The lowest BCUT2D eigenvalue weighted by Gasteiger charge is -2.35. The lowest BCUT2D eigenvalue weighted by molar-refractivity contribution is -0.0714. The Morgan fingerprint density at radius 2 is 1.94 bits per heavy atom. The number of alkyl carbamates (subject to hydrolysis) is 1. The van der Waals surface area contributed by atoms with Crippen LogP contribution in [0.2, 0.25) is 0 Å². The second-order valence-corrected chi connectivity index (χ2v) is 8.35. The predicted octanol–water partition coefficient (Wildman–Crippen LogP) is 4.10. The van der Waals surface area contributed by atoms with Crippen molar-refractivity contribution in [2.45, 2.75) is 57.6 Å². The van der Waals surface area contributed by atoms with Crippen molar-refractivity contribution >= 4 is 6.09 Å². The number of benzene rings is 1. The van der Waals surface area contributed by atoms with E-state index in [-0.39, 0.29) is 6.79 Å². The number of hydrogen-bond acceptors (Lipinski definition) is 7. The molecule has 0 saturated carbocycles. The van der Waals surface area contributed by atoms with Gasteiger partial charge >= 0.3 is 6.09 Å². The van der Waals surface area contributed by atoms with Crippen LogP contribution in [-0.2, 0) is 25.6 Å². The summed E-state index contributed by atoms with van der Waals surface area (Å²) in [6, 6.07) is 6.43. The van der Waals surface area contributed by atoms with E-state index in [2.05, 4.69) is 15.3 Å². The molecule has 3 atom stereocenters. The Balaban J connectivity index is 2.09. The molecule has 1 aliphatic rings. The van der Waals surface area contributed by atoms with Crippen LogP contribution in [-0.4, -0.2) is 57.5 Å². The lowest BCUT2D eigenvalue weighted by atomic mass is 9.88. The van der Waals surface area contributed by atoms with E-state index in [9.17, 15) is 4.79 Å². The molecular formula is C22H32N4O6. The molecule has 0 fully saturated rings. The number of hydrogen-bond donors (Lipinski definition) is 1. The monoisotopic (exact) mass is 448 g/mol. The first-order valence-corrected chi connectivity index (χ1v) is 10.3. The van der Waals surface area contributed by atoms with Gasteiger partial charge in [0.2, 0.25) is 0 Å². The van der Waals surface area contributed by atoms with Gasteiger partial charge in [-0.1, -0.05) is 23.3 Å². The predicted molar refractivity (Wildman–Crippen MR) is 118 cm³/mol. The molecule has 0 saturated heterocycles. The third-order valence-corrected chi connectivity index (χ3v) is 4.62.